The highest BCUT2D eigenvalue weighted by Crippen LogP contribution is 2.39. The molecular weight excluding hydrogens is 575 g/mol. The topological polar surface area (TPSA) is 78.5 Å². The Balaban J connectivity index is 1.16. The van der Waals surface area contributed by atoms with E-state index in [4.69, 9.17) is 0 Å². The van der Waals surface area contributed by atoms with Crippen LogP contribution in [0.25, 0.3) is 0 Å². The summed E-state index contributed by atoms with van der Waals surface area (Å²) in [5.41, 5.74) is 3.12. The van der Waals surface area contributed by atoms with E-state index in [1.165, 1.54) is 36.8 Å². The third kappa shape index (κ3) is 6.66. The van der Waals surface area contributed by atoms with Crippen molar-refractivity contribution in [3.63, 3.8) is 0 Å². The zero-order valence-corrected chi connectivity index (χ0v) is 24.6. The number of hydrogen-bond acceptors (Lipinski definition) is 4. The number of amides is 1. The molecule has 1 aliphatic carbocycles. The molecule has 2 aliphatic heterocycles. The maximum atomic E-state index is 13.4. The van der Waals surface area contributed by atoms with E-state index in [-0.39, 0.29) is 18.4 Å². The molecule has 3 aromatic carbocycles. The molecule has 2 N–H and O–H groups in total. The molecule has 2 saturated heterocycles. The number of sulfonamides is 1. The molecule has 2 fully saturated rings. The first-order valence-electron chi connectivity index (χ1n) is 15.0. The SMILES string of the molecule is O=C(CC(NS(=O)(=O)c1cccc(C(F)(F)F)c1)c1ccccc1)NC1CCCc2cc(CN3C4CCC3CC4)ccc21. The lowest BCUT2D eigenvalue weighted by molar-refractivity contribution is -0.137. The van der Waals surface area contributed by atoms with Gasteiger partial charge in [0.15, 0.2) is 0 Å². The van der Waals surface area contributed by atoms with Crippen LogP contribution in [0.2, 0.25) is 0 Å². The van der Waals surface area contributed by atoms with E-state index < -0.39 is 32.7 Å². The largest absolute Gasteiger partial charge is 0.416 e. The molecule has 3 aromatic rings. The van der Waals surface area contributed by atoms with Crippen LogP contribution in [0.4, 0.5) is 13.2 Å². The van der Waals surface area contributed by atoms with Gasteiger partial charge in [0.25, 0.3) is 0 Å². The van der Waals surface area contributed by atoms with Crippen molar-refractivity contribution >= 4 is 15.9 Å². The Morgan fingerprint density at radius 1 is 0.907 bits per heavy atom. The van der Waals surface area contributed by atoms with Crippen LogP contribution in [0.5, 0.6) is 0 Å². The van der Waals surface area contributed by atoms with E-state index in [0.29, 0.717) is 23.7 Å². The van der Waals surface area contributed by atoms with Crippen molar-refractivity contribution in [1.82, 2.24) is 14.9 Å². The summed E-state index contributed by atoms with van der Waals surface area (Å²) in [7, 11) is -4.37. The van der Waals surface area contributed by atoms with E-state index in [1.54, 1.807) is 30.3 Å². The summed E-state index contributed by atoms with van der Waals surface area (Å²) in [4.78, 5) is 15.5. The summed E-state index contributed by atoms with van der Waals surface area (Å²) >= 11 is 0. The molecule has 0 saturated carbocycles. The molecular formula is C33H36F3N3O3S. The molecule has 6 nitrogen and oxygen atoms in total. The van der Waals surface area contributed by atoms with Crippen molar-refractivity contribution in [2.24, 2.45) is 0 Å². The average Bonchev–Trinajstić information content (AvgIpc) is 3.55. The van der Waals surface area contributed by atoms with Gasteiger partial charge in [0.1, 0.15) is 0 Å². The minimum Gasteiger partial charge on any atom is -0.349 e. The van der Waals surface area contributed by atoms with E-state index in [2.05, 4.69) is 33.1 Å². The van der Waals surface area contributed by atoms with Gasteiger partial charge in [-0.2, -0.15) is 13.2 Å². The lowest BCUT2D eigenvalue weighted by Gasteiger charge is -2.29. The van der Waals surface area contributed by atoms with Crippen LogP contribution < -0.4 is 10.0 Å². The second-order valence-corrected chi connectivity index (χ2v) is 13.7. The van der Waals surface area contributed by atoms with Crippen molar-refractivity contribution in [3.8, 4) is 0 Å². The monoisotopic (exact) mass is 611 g/mol. The van der Waals surface area contributed by atoms with Gasteiger partial charge >= 0.3 is 6.18 Å². The molecule has 2 atom stereocenters. The summed E-state index contributed by atoms with van der Waals surface area (Å²) < 4.78 is 68.7. The Morgan fingerprint density at radius 2 is 1.63 bits per heavy atom. The molecule has 228 valence electrons. The minimum atomic E-state index is -4.69. The molecule has 0 radical (unpaired) electrons. The zero-order chi connectivity index (χ0) is 30.2. The summed E-state index contributed by atoms with van der Waals surface area (Å²) in [5, 5.41) is 3.11. The molecule has 0 aromatic heterocycles. The predicted molar refractivity (Wildman–Crippen MR) is 157 cm³/mol. The quantitative estimate of drug-likeness (QED) is 0.292. The fourth-order valence-corrected chi connectivity index (χ4v) is 8.32. The first-order chi connectivity index (χ1) is 20.6. The standard InChI is InChI=1S/C33H36F3N3O3S/c34-33(35,36)25-9-5-10-28(19-25)43(41,42)38-31(23-6-2-1-3-7-23)20-32(40)37-30-11-4-8-24-18-22(12-17-29(24)30)21-39-26-13-14-27(39)16-15-26/h1-3,5-7,9-10,12,17-19,26-27,30-31,38H,4,8,11,13-16,20-21H2,(H,37,40). The lowest BCUT2D eigenvalue weighted by atomic mass is 9.86. The Labute approximate surface area is 250 Å². The Morgan fingerprint density at radius 3 is 2.33 bits per heavy atom. The fraction of sp³-hybridized carbons (Fsp3) is 0.424. The van der Waals surface area contributed by atoms with Crippen molar-refractivity contribution in [2.75, 3.05) is 0 Å². The summed E-state index contributed by atoms with van der Waals surface area (Å²) in [5.74, 6) is -0.337. The number of nitrogens with one attached hydrogen (secondary N) is 2. The van der Waals surface area contributed by atoms with Gasteiger partial charge in [0.2, 0.25) is 15.9 Å². The summed E-state index contributed by atoms with van der Waals surface area (Å²) in [6.45, 7) is 0.963. The van der Waals surface area contributed by atoms with Crippen LogP contribution in [0.1, 0.15) is 84.8 Å². The number of carbonyl (C=O) groups excluding carboxylic acids is 1. The van der Waals surface area contributed by atoms with E-state index in [0.717, 1.165) is 49.6 Å². The summed E-state index contributed by atoms with van der Waals surface area (Å²) in [6.07, 6.45) is 2.95. The van der Waals surface area contributed by atoms with Gasteiger partial charge in [0, 0.05) is 25.0 Å². The van der Waals surface area contributed by atoms with E-state index in [1.807, 2.05) is 0 Å². The van der Waals surface area contributed by atoms with Crippen LogP contribution in [-0.4, -0.2) is 31.3 Å². The first kappa shape index (κ1) is 29.8. The van der Waals surface area contributed by atoms with Gasteiger partial charge < -0.3 is 5.32 Å². The molecule has 0 spiro atoms. The van der Waals surface area contributed by atoms with Crippen LogP contribution >= 0.6 is 0 Å². The number of hydrogen-bond donors (Lipinski definition) is 2. The maximum absolute atomic E-state index is 13.4. The maximum Gasteiger partial charge on any atom is 0.416 e. The number of carbonyl (C=O) groups is 1. The molecule has 2 unspecified atom stereocenters. The second kappa shape index (κ2) is 12.1. The van der Waals surface area contributed by atoms with Crippen LogP contribution in [0.15, 0.2) is 77.7 Å². The van der Waals surface area contributed by atoms with Crippen LogP contribution in [0.3, 0.4) is 0 Å². The highest BCUT2D eigenvalue weighted by atomic mass is 32.2. The lowest BCUT2D eigenvalue weighted by Crippen LogP contribution is -2.36. The highest BCUT2D eigenvalue weighted by Gasteiger charge is 2.39. The molecule has 6 rings (SSSR count). The van der Waals surface area contributed by atoms with Gasteiger partial charge in [-0.15, -0.1) is 0 Å². The number of nitrogens with zero attached hydrogens (tertiary/aromatic N) is 1. The van der Waals surface area contributed by atoms with Crippen molar-refractivity contribution in [1.29, 1.82) is 0 Å². The third-order valence-corrected chi connectivity index (χ3v) is 10.7. The van der Waals surface area contributed by atoms with E-state index >= 15 is 0 Å². The molecule has 2 heterocycles. The van der Waals surface area contributed by atoms with Crippen molar-refractivity contribution in [3.05, 3.63) is 101 Å². The number of rotatable bonds is 9. The molecule has 43 heavy (non-hydrogen) atoms. The Kier molecular flexibility index (Phi) is 8.37. The number of benzene rings is 3. The molecule has 1 amide bonds. The van der Waals surface area contributed by atoms with Gasteiger partial charge in [-0.25, -0.2) is 13.1 Å². The summed E-state index contributed by atoms with van der Waals surface area (Å²) in [6, 6.07) is 19.0. The average molecular weight is 612 g/mol. The predicted octanol–water partition coefficient (Wildman–Crippen LogP) is 6.44. The van der Waals surface area contributed by atoms with Crippen molar-refractivity contribution < 1.29 is 26.4 Å². The molecule has 10 heteroatoms. The normalized spacial score (nSPS) is 22.7. The van der Waals surface area contributed by atoms with Gasteiger partial charge in [-0.05, 0) is 85.4 Å². The number of aryl methyl sites for hydroxylation is 1. The Hall–Kier alpha value is -3.21. The smallest absolute Gasteiger partial charge is 0.349 e. The number of alkyl halides is 3. The number of halogens is 3. The molecule has 3 aliphatic rings. The Bertz CT molecular complexity index is 1560. The van der Waals surface area contributed by atoms with E-state index in [9.17, 15) is 26.4 Å². The van der Waals surface area contributed by atoms with Gasteiger partial charge in [-0.3, -0.25) is 9.69 Å². The number of fused-ring (bicyclic) bond motifs is 3. The van der Waals surface area contributed by atoms with Crippen LogP contribution in [0, 0.1) is 0 Å². The van der Waals surface area contributed by atoms with Crippen LogP contribution in [-0.2, 0) is 34.0 Å². The zero-order valence-electron chi connectivity index (χ0n) is 23.8. The van der Waals surface area contributed by atoms with Crippen molar-refractivity contribution in [2.45, 2.75) is 93.2 Å². The minimum absolute atomic E-state index is 0.190. The van der Waals surface area contributed by atoms with Gasteiger partial charge in [0.05, 0.1) is 22.5 Å². The molecule has 2 bridgehead atoms. The fourth-order valence-electron chi connectivity index (χ4n) is 7.05. The second-order valence-electron chi connectivity index (χ2n) is 12.0. The highest BCUT2D eigenvalue weighted by molar-refractivity contribution is 7.89. The first-order valence-corrected chi connectivity index (χ1v) is 16.5. The van der Waals surface area contributed by atoms with Gasteiger partial charge in [-0.1, -0.05) is 54.6 Å². The third-order valence-electron chi connectivity index (χ3n) is 9.19.